The summed E-state index contributed by atoms with van der Waals surface area (Å²) in [5, 5.41) is 3.88. The Labute approximate surface area is 171 Å². The van der Waals surface area contributed by atoms with E-state index in [0.29, 0.717) is 18.5 Å². The smallest absolute Gasteiger partial charge is 0.407 e. The molecule has 3 heterocycles. The lowest BCUT2D eigenvalue weighted by Crippen LogP contribution is -2.40. The molecule has 0 radical (unpaired) electrons. The van der Waals surface area contributed by atoms with Crippen LogP contribution >= 0.6 is 11.3 Å². The number of hydrogen-bond acceptors (Lipinski definition) is 6. The van der Waals surface area contributed by atoms with E-state index >= 15 is 0 Å². The molecular weight excluding hydrogens is 372 g/mol. The predicted molar refractivity (Wildman–Crippen MR) is 112 cm³/mol. The van der Waals surface area contributed by atoms with Gasteiger partial charge in [0.1, 0.15) is 10.6 Å². The van der Waals surface area contributed by atoms with Crippen LogP contribution < -0.4 is 5.32 Å². The molecule has 1 N–H and O–H groups in total. The minimum absolute atomic E-state index is 0.324. The first-order valence-electron chi connectivity index (χ1n) is 9.90. The molecule has 1 aliphatic rings. The minimum Gasteiger partial charge on any atom is -0.444 e. The second kappa shape index (κ2) is 9.01. The Morgan fingerprint density at radius 1 is 1.32 bits per heavy atom. The van der Waals surface area contributed by atoms with E-state index in [4.69, 9.17) is 4.74 Å². The van der Waals surface area contributed by atoms with Crippen molar-refractivity contribution in [3.05, 3.63) is 35.5 Å². The van der Waals surface area contributed by atoms with E-state index in [2.05, 4.69) is 27.1 Å². The molecule has 1 saturated heterocycles. The maximum absolute atomic E-state index is 11.8. The summed E-state index contributed by atoms with van der Waals surface area (Å²) in [4.78, 5) is 24.5. The van der Waals surface area contributed by atoms with Crippen LogP contribution in [0.4, 0.5) is 4.79 Å². The van der Waals surface area contributed by atoms with Crippen LogP contribution in [0.3, 0.4) is 0 Å². The average Bonchev–Trinajstić information content (AvgIpc) is 3.16. The first-order chi connectivity index (χ1) is 13.3. The Balaban J connectivity index is 1.47. The van der Waals surface area contributed by atoms with E-state index in [0.717, 1.165) is 36.6 Å². The summed E-state index contributed by atoms with van der Waals surface area (Å²) in [6.07, 6.45) is 5.61. The predicted octanol–water partition coefficient (Wildman–Crippen LogP) is 4.50. The summed E-state index contributed by atoms with van der Waals surface area (Å²) < 4.78 is 5.31. The Bertz CT molecular complexity index is 764. The molecule has 0 saturated carbocycles. The molecule has 3 rings (SSSR count). The van der Waals surface area contributed by atoms with Crippen LogP contribution in [0.25, 0.3) is 10.7 Å². The van der Waals surface area contributed by atoms with Gasteiger partial charge >= 0.3 is 6.09 Å². The number of likely N-dealkylation sites (tertiary alicyclic amines) is 1. The van der Waals surface area contributed by atoms with Gasteiger partial charge in [0.2, 0.25) is 0 Å². The maximum atomic E-state index is 11.8. The number of alkyl carbamates (subject to hydrolysis) is 1. The van der Waals surface area contributed by atoms with E-state index in [1.54, 1.807) is 17.5 Å². The van der Waals surface area contributed by atoms with Crippen LogP contribution in [0.15, 0.2) is 30.6 Å². The van der Waals surface area contributed by atoms with Crippen LogP contribution in [0.5, 0.6) is 0 Å². The molecule has 0 aliphatic carbocycles. The lowest BCUT2D eigenvalue weighted by atomic mass is 9.96. The number of hydrogen-bond donors (Lipinski definition) is 1. The number of ether oxygens (including phenoxy) is 1. The maximum Gasteiger partial charge on any atom is 0.407 e. The zero-order chi connectivity index (χ0) is 20.1. The van der Waals surface area contributed by atoms with Gasteiger partial charge in [-0.3, -0.25) is 9.88 Å². The zero-order valence-corrected chi connectivity index (χ0v) is 18.0. The molecule has 0 aromatic carbocycles. The normalized spacial score (nSPS) is 17.3. The van der Waals surface area contributed by atoms with Crippen LogP contribution in [0, 0.1) is 5.92 Å². The SMILES string of the molecule is CC(c1cnc(-c2ccccn2)s1)N1CCC(CNC(=O)OC(C)(C)C)CC1. The van der Waals surface area contributed by atoms with Gasteiger partial charge in [-0.2, -0.15) is 0 Å². The molecule has 6 nitrogen and oxygen atoms in total. The standard InChI is InChI=1S/C21H30N4O2S/c1-15(18-14-23-19(28-18)17-7-5-6-10-22-17)25-11-8-16(9-12-25)13-24-20(26)27-21(2,3)4/h5-7,10,14-16H,8-9,11-13H2,1-4H3,(H,24,26). The third-order valence-electron chi connectivity index (χ3n) is 4.95. The first-order valence-corrected chi connectivity index (χ1v) is 10.7. The summed E-state index contributed by atoms with van der Waals surface area (Å²) in [5.74, 6) is 0.501. The number of amides is 1. The van der Waals surface area contributed by atoms with E-state index in [1.165, 1.54) is 4.88 Å². The number of rotatable bonds is 5. The van der Waals surface area contributed by atoms with Gasteiger partial charge in [0.25, 0.3) is 0 Å². The second-order valence-corrected chi connectivity index (χ2v) is 9.38. The van der Waals surface area contributed by atoms with Crippen LogP contribution in [0.1, 0.15) is 51.5 Å². The fraction of sp³-hybridized carbons (Fsp3) is 0.571. The van der Waals surface area contributed by atoms with Crippen molar-refractivity contribution in [3.63, 3.8) is 0 Å². The summed E-state index contributed by atoms with van der Waals surface area (Å²) in [6.45, 7) is 10.6. The molecule has 1 amide bonds. The van der Waals surface area contributed by atoms with Crippen molar-refractivity contribution in [1.29, 1.82) is 0 Å². The van der Waals surface area contributed by atoms with Gasteiger partial charge in [-0.1, -0.05) is 6.07 Å². The van der Waals surface area contributed by atoms with Crippen molar-refractivity contribution in [2.24, 2.45) is 5.92 Å². The molecule has 1 fully saturated rings. The van der Waals surface area contributed by atoms with Crippen molar-refractivity contribution in [3.8, 4) is 10.7 Å². The Hall–Kier alpha value is -1.99. The molecule has 1 atom stereocenters. The van der Waals surface area contributed by atoms with Crippen molar-refractivity contribution in [2.45, 2.75) is 52.2 Å². The fourth-order valence-corrected chi connectivity index (χ4v) is 4.33. The molecule has 28 heavy (non-hydrogen) atoms. The number of thiazole rings is 1. The Morgan fingerprint density at radius 3 is 2.71 bits per heavy atom. The largest absolute Gasteiger partial charge is 0.444 e. The highest BCUT2D eigenvalue weighted by molar-refractivity contribution is 7.15. The number of nitrogens with one attached hydrogen (secondary N) is 1. The van der Waals surface area contributed by atoms with Gasteiger partial charge in [-0.15, -0.1) is 11.3 Å². The van der Waals surface area contributed by atoms with Crippen molar-refractivity contribution >= 4 is 17.4 Å². The van der Waals surface area contributed by atoms with Gasteiger partial charge in [-0.05, 0) is 71.7 Å². The van der Waals surface area contributed by atoms with Crippen LogP contribution in [-0.2, 0) is 4.74 Å². The molecular formula is C21H30N4O2S. The third-order valence-corrected chi connectivity index (χ3v) is 6.14. The topological polar surface area (TPSA) is 67.4 Å². The van der Waals surface area contributed by atoms with Gasteiger partial charge in [0.15, 0.2) is 0 Å². The molecule has 0 bridgehead atoms. The highest BCUT2D eigenvalue weighted by atomic mass is 32.1. The monoisotopic (exact) mass is 402 g/mol. The lowest BCUT2D eigenvalue weighted by molar-refractivity contribution is 0.0506. The molecule has 0 spiro atoms. The van der Waals surface area contributed by atoms with Crippen molar-refractivity contribution in [2.75, 3.05) is 19.6 Å². The van der Waals surface area contributed by atoms with Crippen molar-refractivity contribution in [1.82, 2.24) is 20.2 Å². The van der Waals surface area contributed by atoms with Gasteiger partial charge in [0.05, 0.1) is 5.69 Å². The van der Waals surface area contributed by atoms with Gasteiger partial charge < -0.3 is 10.1 Å². The Kier molecular flexibility index (Phi) is 6.67. The third kappa shape index (κ3) is 5.75. The number of pyridine rings is 1. The second-order valence-electron chi connectivity index (χ2n) is 8.32. The highest BCUT2D eigenvalue weighted by Gasteiger charge is 2.26. The summed E-state index contributed by atoms with van der Waals surface area (Å²) >= 11 is 1.72. The molecule has 2 aromatic heterocycles. The van der Waals surface area contributed by atoms with E-state index < -0.39 is 5.60 Å². The quantitative estimate of drug-likeness (QED) is 0.797. The molecule has 152 valence electrons. The first kappa shape index (κ1) is 20.7. The van der Waals surface area contributed by atoms with Crippen molar-refractivity contribution < 1.29 is 9.53 Å². The number of piperidine rings is 1. The number of carbonyl (C=O) groups excluding carboxylic acids is 1. The van der Waals surface area contributed by atoms with Gasteiger partial charge in [-0.25, -0.2) is 9.78 Å². The molecule has 7 heteroatoms. The number of nitrogens with zero attached hydrogens (tertiary/aromatic N) is 3. The number of carbonyl (C=O) groups is 1. The van der Waals surface area contributed by atoms with E-state index in [1.807, 2.05) is 45.2 Å². The van der Waals surface area contributed by atoms with E-state index in [-0.39, 0.29) is 6.09 Å². The van der Waals surface area contributed by atoms with Gasteiger partial charge in [0, 0.05) is 29.9 Å². The van der Waals surface area contributed by atoms with Crippen LogP contribution in [0.2, 0.25) is 0 Å². The average molecular weight is 403 g/mol. The van der Waals surface area contributed by atoms with Crippen LogP contribution in [-0.4, -0.2) is 46.2 Å². The molecule has 2 aromatic rings. The summed E-state index contributed by atoms with van der Waals surface area (Å²) in [6, 6.07) is 6.25. The summed E-state index contributed by atoms with van der Waals surface area (Å²) in [7, 11) is 0. The lowest BCUT2D eigenvalue weighted by Gasteiger charge is -2.35. The molecule has 1 aliphatic heterocycles. The fourth-order valence-electron chi connectivity index (χ4n) is 3.35. The number of aromatic nitrogens is 2. The molecule has 1 unspecified atom stereocenters. The highest BCUT2D eigenvalue weighted by Crippen LogP contribution is 2.32. The minimum atomic E-state index is -0.453. The zero-order valence-electron chi connectivity index (χ0n) is 17.1. The Morgan fingerprint density at radius 2 is 2.07 bits per heavy atom. The van der Waals surface area contributed by atoms with E-state index in [9.17, 15) is 4.79 Å². The summed E-state index contributed by atoms with van der Waals surface area (Å²) in [5.41, 5.74) is 0.476.